The maximum Gasteiger partial charge on any atom is 0.261 e. The average molecular weight is 247 g/mol. The van der Waals surface area contributed by atoms with Crippen LogP contribution in [0.4, 0.5) is 5.95 Å². The van der Waals surface area contributed by atoms with Crippen LogP contribution in [0.5, 0.6) is 0 Å². The normalized spacial score (nSPS) is 11.0. The molecular weight excluding hydrogens is 230 g/mol. The highest BCUT2D eigenvalue weighted by Crippen LogP contribution is 2.22. The summed E-state index contributed by atoms with van der Waals surface area (Å²) in [5.74, 6) is 2.08. The van der Waals surface area contributed by atoms with Crippen LogP contribution < -0.4 is 4.90 Å². The van der Waals surface area contributed by atoms with Gasteiger partial charge < -0.3 is 9.42 Å². The molecule has 0 fully saturated rings. The van der Waals surface area contributed by atoms with Crippen molar-refractivity contribution in [2.45, 2.75) is 26.7 Å². The zero-order valence-corrected chi connectivity index (χ0v) is 11.3. The van der Waals surface area contributed by atoms with Crippen molar-refractivity contribution < 1.29 is 4.52 Å². The molecule has 6 nitrogen and oxygen atoms in total. The number of aryl methyl sites for hydroxylation is 1. The van der Waals surface area contributed by atoms with Crippen LogP contribution in [0.1, 0.15) is 31.3 Å². The molecule has 96 valence electrons. The van der Waals surface area contributed by atoms with E-state index in [0.717, 1.165) is 11.3 Å². The van der Waals surface area contributed by atoms with Crippen molar-refractivity contribution in [1.82, 2.24) is 20.1 Å². The molecule has 0 saturated heterocycles. The summed E-state index contributed by atoms with van der Waals surface area (Å²) in [6.45, 7) is 5.95. The number of hydrogen-bond acceptors (Lipinski definition) is 6. The van der Waals surface area contributed by atoms with Crippen molar-refractivity contribution in [2.75, 3.05) is 19.0 Å². The van der Waals surface area contributed by atoms with Crippen LogP contribution in [-0.2, 0) is 0 Å². The summed E-state index contributed by atoms with van der Waals surface area (Å²) < 4.78 is 5.24. The Morgan fingerprint density at radius 2 is 1.94 bits per heavy atom. The van der Waals surface area contributed by atoms with Crippen molar-refractivity contribution in [3.8, 4) is 11.5 Å². The first kappa shape index (κ1) is 12.5. The lowest BCUT2D eigenvalue weighted by Crippen LogP contribution is -2.13. The second-order valence-electron chi connectivity index (χ2n) is 4.68. The number of rotatable bonds is 3. The molecule has 0 aromatic carbocycles. The van der Waals surface area contributed by atoms with Crippen molar-refractivity contribution in [1.29, 1.82) is 0 Å². The zero-order valence-electron chi connectivity index (χ0n) is 11.3. The monoisotopic (exact) mass is 247 g/mol. The summed E-state index contributed by atoms with van der Waals surface area (Å²) in [7, 11) is 3.80. The van der Waals surface area contributed by atoms with Gasteiger partial charge in [-0.2, -0.15) is 4.98 Å². The SMILES string of the molecule is Cc1nc(N(C)C)ncc1-c1nc(C(C)C)no1. The summed E-state index contributed by atoms with van der Waals surface area (Å²) in [6.07, 6.45) is 1.72. The maximum atomic E-state index is 5.24. The van der Waals surface area contributed by atoms with Crippen molar-refractivity contribution in [2.24, 2.45) is 0 Å². The number of aromatic nitrogens is 4. The summed E-state index contributed by atoms with van der Waals surface area (Å²) >= 11 is 0. The molecule has 0 spiro atoms. The quantitative estimate of drug-likeness (QED) is 0.826. The highest BCUT2D eigenvalue weighted by molar-refractivity contribution is 5.55. The van der Waals surface area contributed by atoms with E-state index >= 15 is 0 Å². The van der Waals surface area contributed by atoms with Crippen LogP contribution in [0, 0.1) is 6.92 Å². The molecule has 0 amide bonds. The molecule has 6 heteroatoms. The molecule has 0 bridgehead atoms. The van der Waals surface area contributed by atoms with Gasteiger partial charge >= 0.3 is 0 Å². The number of hydrogen-bond donors (Lipinski definition) is 0. The van der Waals surface area contributed by atoms with E-state index in [1.807, 2.05) is 39.8 Å². The van der Waals surface area contributed by atoms with Gasteiger partial charge in [-0.1, -0.05) is 19.0 Å². The molecular formula is C12H17N5O. The van der Waals surface area contributed by atoms with Crippen LogP contribution in [0.25, 0.3) is 11.5 Å². The van der Waals surface area contributed by atoms with E-state index in [2.05, 4.69) is 20.1 Å². The third-order valence-corrected chi connectivity index (χ3v) is 2.56. The highest BCUT2D eigenvalue weighted by Gasteiger charge is 2.15. The topological polar surface area (TPSA) is 67.9 Å². The lowest BCUT2D eigenvalue weighted by Gasteiger charge is -2.10. The summed E-state index contributed by atoms with van der Waals surface area (Å²) in [4.78, 5) is 14.8. The number of anilines is 1. The lowest BCUT2D eigenvalue weighted by atomic mass is 10.2. The Labute approximate surface area is 106 Å². The third kappa shape index (κ3) is 2.32. The fourth-order valence-corrected chi connectivity index (χ4v) is 1.46. The molecule has 2 aromatic rings. The fraction of sp³-hybridized carbons (Fsp3) is 0.500. The second-order valence-corrected chi connectivity index (χ2v) is 4.68. The van der Waals surface area contributed by atoms with E-state index in [4.69, 9.17) is 4.52 Å². The smallest absolute Gasteiger partial charge is 0.261 e. The van der Waals surface area contributed by atoms with Gasteiger partial charge in [0.05, 0.1) is 11.3 Å². The standard InChI is InChI=1S/C12H17N5O/c1-7(2)10-15-11(18-16-10)9-6-13-12(17(4)5)14-8(9)3/h6-7H,1-5H3. The maximum absolute atomic E-state index is 5.24. The van der Waals surface area contributed by atoms with E-state index in [1.165, 1.54) is 0 Å². The first-order valence-corrected chi connectivity index (χ1v) is 5.84. The Balaban J connectivity index is 2.38. The van der Waals surface area contributed by atoms with E-state index in [1.54, 1.807) is 6.20 Å². The average Bonchev–Trinajstić information content (AvgIpc) is 2.78. The molecule has 0 aliphatic rings. The molecule has 0 saturated carbocycles. The number of nitrogens with zero attached hydrogens (tertiary/aromatic N) is 5. The summed E-state index contributed by atoms with van der Waals surface area (Å²) in [6, 6.07) is 0. The Morgan fingerprint density at radius 1 is 1.22 bits per heavy atom. The summed E-state index contributed by atoms with van der Waals surface area (Å²) in [5.41, 5.74) is 1.60. The van der Waals surface area contributed by atoms with Gasteiger partial charge in [-0.15, -0.1) is 0 Å². The first-order valence-electron chi connectivity index (χ1n) is 5.84. The van der Waals surface area contributed by atoms with Gasteiger partial charge in [0.15, 0.2) is 5.82 Å². The van der Waals surface area contributed by atoms with Crippen LogP contribution >= 0.6 is 0 Å². The minimum Gasteiger partial charge on any atom is -0.347 e. The van der Waals surface area contributed by atoms with Crippen LogP contribution in [0.3, 0.4) is 0 Å². The van der Waals surface area contributed by atoms with Crippen LogP contribution in [0.2, 0.25) is 0 Å². The minimum atomic E-state index is 0.241. The molecule has 2 heterocycles. The van der Waals surface area contributed by atoms with Gasteiger partial charge in [0, 0.05) is 26.2 Å². The van der Waals surface area contributed by atoms with Gasteiger partial charge in [0.25, 0.3) is 5.89 Å². The highest BCUT2D eigenvalue weighted by atomic mass is 16.5. The Kier molecular flexibility index (Phi) is 3.27. The molecule has 2 rings (SSSR count). The summed E-state index contributed by atoms with van der Waals surface area (Å²) in [5, 5.41) is 3.94. The van der Waals surface area contributed by atoms with Crippen LogP contribution in [0.15, 0.2) is 10.7 Å². The largest absolute Gasteiger partial charge is 0.347 e. The predicted molar refractivity (Wildman–Crippen MR) is 68.5 cm³/mol. The molecule has 18 heavy (non-hydrogen) atoms. The minimum absolute atomic E-state index is 0.241. The van der Waals surface area contributed by atoms with Gasteiger partial charge in [-0.25, -0.2) is 9.97 Å². The Hall–Kier alpha value is -1.98. The molecule has 0 aliphatic heterocycles. The van der Waals surface area contributed by atoms with Gasteiger partial charge in [0.2, 0.25) is 5.95 Å². The zero-order chi connectivity index (χ0) is 13.3. The molecule has 2 aromatic heterocycles. The molecule has 0 N–H and O–H groups in total. The molecule has 0 unspecified atom stereocenters. The van der Waals surface area contributed by atoms with Crippen LogP contribution in [-0.4, -0.2) is 34.2 Å². The lowest BCUT2D eigenvalue weighted by molar-refractivity contribution is 0.418. The van der Waals surface area contributed by atoms with E-state index in [0.29, 0.717) is 17.7 Å². The Bertz CT molecular complexity index is 547. The van der Waals surface area contributed by atoms with Gasteiger partial charge in [-0.05, 0) is 6.92 Å². The van der Waals surface area contributed by atoms with Gasteiger partial charge in [-0.3, -0.25) is 0 Å². The van der Waals surface area contributed by atoms with E-state index in [-0.39, 0.29) is 5.92 Å². The van der Waals surface area contributed by atoms with Crippen molar-refractivity contribution in [3.05, 3.63) is 17.7 Å². The molecule has 0 atom stereocenters. The fourth-order valence-electron chi connectivity index (χ4n) is 1.46. The van der Waals surface area contributed by atoms with E-state index in [9.17, 15) is 0 Å². The first-order chi connectivity index (χ1) is 8.49. The molecule has 0 aliphatic carbocycles. The van der Waals surface area contributed by atoms with Gasteiger partial charge in [0.1, 0.15) is 0 Å². The van der Waals surface area contributed by atoms with Crippen molar-refractivity contribution in [3.63, 3.8) is 0 Å². The predicted octanol–water partition coefficient (Wildman–Crippen LogP) is 2.02. The van der Waals surface area contributed by atoms with Crippen molar-refractivity contribution >= 4 is 5.95 Å². The van der Waals surface area contributed by atoms with E-state index < -0.39 is 0 Å². The second kappa shape index (κ2) is 4.72. The molecule has 0 radical (unpaired) electrons. The Morgan fingerprint density at radius 3 is 2.44 bits per heavy atom. The third-order valence-electron chi connectivity index (χ3n) is 2.56.